The number of fused-ring (bicyclic) bond motifs is 1. The summed E-state index contributed by atoms with van der Waals surface area (Å²) in [6.45, 7) is 9.21. The molecule has 2 heterocycles. The van der Waals surface area contributed by atoms with Crippen LogP contribution < -0.4 is 0 Å². The summed E-state index contributed by atoms with van der Waals surface area (Å²) in [5.41, 5.74) is 1.64. The van der Waals surface area contributed by atoms with Gasteiger partial charge in [0.2, 0.25) is 0 Å². The molecule has 5 nitrogen and oxygen atoms in total. The first-order valence-electron chi connectivity index (χ1n) is 7.42. The molecule has 120 valence electrons. The van der Waals surface area contributed by atoms with Crippen molar-refractivity contribution in [2.24, 2.45) is 0 Å². The predicted molar refractivity (Wildman–Crippen MR) is 89.9 cm³/mol. The second kappa shape index (κ2) is 6.54. The Kier molecular flexibility index (Phi) is 4.47. The molecule has 0 saturated carbocycles. The highest BCUT2D eigenvalue weighted by Crippen LogP contribution is 2.25. The molecule has 0 fully saturated rings. The fraction of sp³-hybridized carbons (Fsp3) is 0.312. The zero-order valence-corrected chi connectivity index (χ0v) is 14.0. The minimum absolute atomic E-state index is 0.265. The molecule has 0 amide bonds. The predicted octanol–water partition coefficient (Wildman–Crippen LogP) is 3.57. The van der Waals surface area contributed by atoms with Crippen molar-refractivity contribution in [3.63, 3.8) is 0 Å². The molecule has 23 heavy (non-hydrogen) atoms. The minimum Gasteiger partial charge on any atom is -0.328 e. The molecule has 0 N–H and O–H groups in total. The maximum absolute atomic E-state index is 13.4. The number of hydrogen-bond acceptors (Lipinski definition) is 4. The smallest absolute Gasteiger partial charge is 0.191 e. The summed E-state index contributed by atoms with van der Waals surface area (Å²) in [6, 6.07) is 4.72. The molecule has 3 rings (SSSR count). The first-order chi connectivity index (χ1) is 11.1. The molecule has 3 aromatic rings. The second-order valence-corrected chi connectivity index (χ2v) is 6.07. The number of aromatic nitrogens is 5. The fourth-order valence-electron chi connectivity index (χ4n) is 2.55. The topological polar surface area (TPSA) is 48.5 Å². The van der Waals surface area contributed by atoms with Crippen LogP contribution in [0.25, 0.3) is 11.0 Å². The van der Waals surface area contributed by atoms with Gasteiger partial charge in [0.25, 0.3) is 0 Å². The van der Waals surface area contributed by atoms with Crippen molar-refractivity contribution in [2.45, 2.75) is 37.8 Å². The number of benzene rings is 1. The molecule has 0 saturated heterocycles. The molecular weight excluding hydrogens is 313 g/mol. The number of halogens is 1. The average molecular weight is 331 g/mol. The van der Waals surface area contributed by atoms with Crippen LogP contribution >= 0.6 is 11.8 Å². The SMILES string of the molecule is C=CCn1c(C)nnc1SCc1nc2cc(F)ccc2n1CC. The maximum Gasteiger partial charge on any atom is 0.191 e. The largest absolute Gasteiger partial charge is 0.328 e. The molecule has 0 aliphatic rings. The van der Waals surface area contributed by atoms with E-state index in [0.717, 1.165) is 28.9 Å². The number of rotatable bonds is 6. The van der Waals surface area contributed by atoms with E-state index in [1.807, 2.05) is 17.6 Å². The molecule has 0 unspecified atom stereocenters. The van der Waals surface area contributed by atoms with Gasteiger partial charge in [0.05, 0.1) is 16.8 Å². The van der Waals surface area contributed by atoms with Crippen molar-refractivity contribution in [2.75, 3.05) is 0 Å². The van der Waals surface area contributed by atoms with E-state index < -0.39 is 0 Å². The van der Waals surface area contributed by atoms with Gasteiger partial charge in [-0.2, -0.15) is 0 Å². The summed E-state index contributed by atoms with van der Waals surface area (Å²) in [7, 11) is 0. The number of thioether (sulfide) groups is 1. The molecule has 0 aliphatic heterocycles. The van der Waals surface area contributed by atoms with Crippen LogP contribution in [-0.2, 0) is 18.8 Å². The quantitative estimate of drug-likeness (QED) is 0.512. The average Bonchev–Trinajstić information content (AvgIpc) is 3.06. The van der Waals surface area contributed by atoms with Crippen molar-refractivity contribution in [3.8, 4) is 0 Å². The van der Waals surface area contributed by atoms with Crippen LogP contribution in [0, 0.1) is 12.7 Å². The van der Waals surface area contributed by atoms with Crippen LogP contribution in [0.1, 0.15) is 18.6 Å². The van der Waals surface area contributed by atoms with E-state index in [0.29, 0.717) is 17.8 Å². The van der Waals surface area contributed by atoms with E-state index in [-0.39, 0.29) is 5.82 Å². The molecule has 0 radical (unpaired) electrons. The highest BCUT2D eigenvalue weighted by molar-refractivity contribution is 7.98. The van der Waals surface area contributed by atoms with Gasteiger partial charge < -0.3 is 9.13 Å². The van der Waals surface area contributed by atoms with Gasteiger partial charge in [-0.15, -0.1) is 16.8 Å². The standard InChI is InChI=1S/C16H18FN5S/c1-4-8-22-11(3)19-20-16(22)23-10-15-18-13-9-12(17)6-7-14(13)21(15)5-2/h4,6-7,9H,1,5,8,10H2,2-3H3. The van der Waals surface area contributed by atoms with Gasteiger partial charge in [-0.05, 0) is 26.0 Å². The number of aryl methyl sites for hydroxylation is 2. The van der Waals surface area contributed by atoms with Crippen LogP contribution in [0.2, 0.25) is 0 Å². The van der Waals surface area contributed by atoms with Crippen molar-refractivity contribution >= 4 is 22.8 Å². The summed E-state index contributed by atoms with van der Waals surface area (Å²) >= 11 is 1.57. The third-order valence-electron chi connectivity index (χ3n) is 3.65. The van der Waals surface area contributed by atoms with E-state index in [1.54, 1.807) is 17.8 Å². The molecule has 1 aromatic carbocycles. The summed E-state index contributed by atoms with van der Waals surface area (Å²) in [5.74, 6) is 2.15. The molecular formula is C16H18FN5S. The fourth-order valence-corrected chi connectivity index (χ4v) is 3.49. The van der Waals surface area contributed by atoms with Crippen LogP contribution in [-0.4, -0.2) is 24.3 Å². The molecule has 0 bridgehead atoms. The minimum atomic E-state index is -0.265. The summed E-state index contributed by atoms with van der Waals surface area (Å²) < 4.78 is 17.5. The van der Waals surface area contributed by atoms with E-state index in [1.165, 1.54) is 12.1 Å². The number of hydrogen-bond donors (Lipinski definition) is 0. The van der Waals surface area contributed by atoms with Crippen molar-refractivity contribution in [1.29, 1.82) is 0 Å². The van der Waals surface area contributed by atoms with Gasteiger partial charge in [0.15, 0.2) is 5.16 Å². The van der Waals surface area contributed by atoms with Crippen molar-refractivity contribution < 1.29 is 4.39 Å². The van der Waals surface area contributed by atoms with Gasteiger partial charge in [-0.3, -0.25) is 0 Å². The summed E-state index contributed by atoms with van der Waals surface area (Å²) in [5, 5.41) is 9.15. The molecule has 0 aliphatic carbocycles. The monoisotopic (exact) mass is 331 g/mol. The van der Waals surface area contributed by atoms with Gasteiger partial charge >= 0.3 is 0 Å². The third-order valence-corrected chi connectivity index (χ3v) is 4.61. The zero-order valence-electron chi connectivity index (χ0n) is 13.2. The Bertz CT molecular complexity index is 852. The van der Waals surface area contributed by atoms with Gasteiger partial charge in [-0.25, -0.2) is 9.37 Å². The van der Waals surface area contributed by atoms with Crippen LogP contribution in [0.5, 0.6) is 0 Å². The van der Waals surface area contributed by atoms with E-state index in [2.05, 4.69) is 33.3 Å². The molecule has 0 atom stereocenters. The van der Waals surface area contributed by atoms with Crippen molar-refractivity contribution in [1.82, 2.24) is 24.3 Å². The molecule has 7 heteroatoms. The van der Waals surface area contributed by atoms with Gasteiger partial charge in [-0.1, -0.05) is 17.8 Å². The van der Waals surface area contributed by atoms with Crippen LogP contribution in [0.4, 0.5) is 4.39 Å². The Balaban J connectivity index is 1.88. The Morgan fingerprint density at radius 1 is 1.30 bits per heavy atom. The van der Waals surface area contributed by atoms with Crippen LogP contribution in [0.15, 0.2) is 36.0 Å². The van der Waals surface area contributed by atoms with Crippen LogP contribution in [0.3, 0.4) is 0 Å². The highest BCUT2D eigenvalue weighted by atomic mass is 32.2. The third kappa shape index (κ3) is 3.01. The Morgan fingerprint density at radius 2 is 2.13 bits per heavy atom. The zero-order chi connectivity index (χ0) is 16.4. The lowest BCUT2D eigenvalue weighted by Crippen LogP contribution is -2.03. The van der Waals surface area contributed by atoms with Gasteiger partial charge in [0, 0.05) is 19.2 Å². The maximum atomic E-state index is 13.4. The van der Waals surface area contributed by atoms with E-state index in [4.69, 9.17) is 0 Å². The second-order valence-electron chi connectivity index (χ2n) is 5.12. The normalized spacial score (nSPS) is 11.3. The summed E-state index contributed by atoms with van der Waals surface area (Å²) in [6.07, 6.45) is 1.82. The Hall–Kier alpha value is -2.15. The lowest BCUT2D eigenvalue weighted by Gasteiger charge is -2.07. The Morgan fingerprint density at radius 3 is 2.87 bits per heavy atom. The first kappa shape index (κ1) is 15.7. The summed E-state index contributed by atoms with van der Waals surface area (Å²) in [4.78, 5) is 4.57. The lowest BCUT2D eigenvalue weighted by atomic mass is 10.3. The van der Waals surface area contributed by atoms with E-state index in [9.17, 15) is 4.39 Å². The number of allylic oxidation sites excluding steroid dienone is 1. The van der Waals surface area contributed by atoms with E-state index >= 15 is 0 Å². The highest BCUT2D eigenvalue weighted by Gasteiger charge is 2.13. The Labute approximate surface area is 138 Å². The van der Waals surface area contributed by atoms with Crippen molar-refractivity contribution in [3.05, 3.63) is 48.3 Å². The lowest BCUT2D eigenvalue weighted by molar-refractivity contribution is 0.629. The van der Waals surface area contributed by atoms with Gasteiger partial charge in [0.1, 0.15) is 17.5 Å². The number of imidazole rings is 1. The molecule has 2 aromatic heterocycles. The molecule has 0 spiro atoms. The number of nitrogens with zero attached hydrogens (tertiary/aromatic N) is 5. The first-order valence-corrected chi connectivity index (χ1v) is 8.40.